The van der Waals surface area contributed by atoms with Crippen LogP contribution in [0.5, 0.6) is 0 Å². The third-order valence-electron chi connectivity index (χ3n) is 8.19. The van der Waals surface area contributed by atoms with Crippen molar-refractivity contribution in [1.29, 1.82) is 0 Å². The van der Waals surface area contributed by atoms with Crippen molar-refractivity contribution in [3.05, 3.63) is 29.8 Å². The van der Waals surface area contributed by atoms with Gasteiger partial charge in [-0.2, -0.15) is 0 Å². The minimum Gasteiger partial charge on any atom is -0.242 e. The molecule has 2 nitrogen and oxygen atoms in total. The van der Waals surface area contributed by atoms with Crippen LogP contribution in [0, 0.1) is 0 Å². The van der Waals surface area contributed by atoms with E-state index in [0.29, 0.717) is 0 Å². The fourth-order valence-corrected chi connectivity index (χ4v) is 11.5. The lowest BCUT2D eigenvalue weighted by Crippen LogP contribution is -2.51. The van der Waals surface area contributed by atoms with E-state index >= 15 is 0 Å². The largest absolute Gasteiger partial charge is 0.242 e. The van der Waals surface area contributed by atoms with E-state index in [1.54, 1.807) is 5.30 Å². The predicted octanol–water partition coefficient (Wildman–Crippen LogP) is 7.67. The Labute approximate surface area is 201 Å². The molecular weight excluding hydrogens is 429 g/mol. The first-order chi connectivity index (χ1) is 15.4. The van der Waals surface area contributed by atoms with Gasteiger partial charge in [-0.3, -0.25) is 0 Å². The van der Waals surface area contributed by atoms with Crippen LogP contribution in [-0.2, 0) is 16.5 Å². The van der Waals surface area contributed by atoms with Gasteiger partial charge in [0.2, 0.25) is 0 Å². The summed E-state index contributed by atoms with van der Waals surface area (Å²) in [7, 11) is -1.21. The highest BCUT2D eigenvalue weighted by atomic mass is 32.2. The van der Waals surface area contributed by atoms with Gasteiger partial charge in [-0.05, 0) is 81.5 Å². The Morgan fingerprint density at radius 3 is 1.84 bits per heavy atom. The van der Waals surface area contributed by atoms with Crippen molar-refractivity contribution in [2.45, 2.75) is 139 Å². The van der Waals surface area contributed by atoms with E-state index in [-0.39, 0.29) is 18.2 Å². The van der Waals surface area contributed by atoms with Crippen LogP contribution in [-0.4, -0.2) is 20.3 Å². The zero-order valence-electron chi connectivity index (χ0n) is 20.8. The number of nitrogens with one attached hydrogen (secondary N) is 1. The molecule has 0 aliphatic heterocycles. The van der Waals surface area contributed by atoms with Crippen LogP contribution in [0.1, 0.15) is 123 Å². The average molecular weight is 476 g/mol. The Balaban J connectivity index is 1.75. The van der Waals surface area contributed by atoms with Crippen LogP contribution >= 0.6 is 7.92 Å². The molecule has 0 radical (unpaired) electrons. The van der Waals surface area contributed by atoms with Crippen LogP contribution in [0.2, 0.25) is 0 Å². The van der Waals surface area contributed by atoms with Crippen molar-refractivity contribution >= 4 is 24.2 Å². The first-order valence-corrected chi connectivity index (χ1v) is 16.1. The maximum atomic E-state index is 13.4. The molecule has 0 heterocycles. The lowest BCUT2D eigenvalue weighted by molar-refractivity contribution is 0.277. The molecule has 0 spiro atoms. The Hall–Kier alpha value is -0.240. The summed E-state index contributed by atoms with van der Waals surface area (Å²) in [5.74, 6) is 0. The molecule has 0 aromatic heterocycles. The predicted molar refractivity (Wildman–Crippen MR) is 143 cm³/mol. The first kappa shape index (κ1) is 24.9. The summed E-state index contributed by atoms with van der Waals surface area (Å²) in [4.78, 5) is 0. The van der Waals surface area contributed by atoms with Crippen LogP contribution in [0.3, 0.4) is 0 Å². The van der Waals surface area contributed by atoms with Crippen molar-refractivity contribution in [2.24, 2.45) is 0 Å². The van der Waals surface area contributed by atoms with Crippen LogP contribution in [0.25, 0.3) is 0 Å². The number of hydrogen-bond acceptors (Lipinski definition) is 1. The van der Waals surface area contributed by atoms with Gasteiger partial charge < -0.3 is 0 Å². The fourth-order valence-electron chi connectivity index (χ4n) is 6.43. The molecule has 1 aromatic carbocycles. The highest BCUT2D eigenvalue weighted by molar-refractivity contribution is 7.84. The fraction of sp³-hybridized carbons (Fsp3) is 0.786. The van der Waals surface area contributed by atoms with E-state index in [9.17, 15) is 4.21 Å². The zero-order chi connectivity index (χ0) is 22.6. The lowest BCUT2D eigenvalue weighted by Gasteiger charge is -2.45. The van der Waals surface area contributed by atoms with Crippen molar-refractivity contribution in [3.63, 3.8) is 0 Å². The van der Waals surface area contributed by atoms with E-state index in [1.807, 2.05) is 0 Å². The number of benzene rings is 1. The Kier molecular flexibility index (Phi) is 8.55. The molecule has 0 bridgehead atoms. The minimum atomic E-state index is -1.05. The van der Waals surface area contributed by atoms with E-state index in [2.05, 4.69) is 49.8 Å². The minimum absolute atomic E-state index is 0.114. The summed E-state index contributed by atoms with van der Waals surface area (Å²) in [6.45, 7) is 6.32. The second kappa shape index (κ2) is 11.0. The molecule has 3 saturated carbocycles. The standard InChI is InChI=1S/C28H46NOPS/c1-27(2,3)32(30)29-28(21-13-6-14-22-28)25-19-11-12-20-26(25)31(23-15-7-4-8-16-23)24-17-9-5-10-18-24/h11-12,19-20,23-24,29H,4-10,13-18,21-22H2,1-3H3. The summed E-state index contributed by atoms with van der Waals surface area (Å²) in [5.41, 5.74) is 3.21. The molecule has 1 atom stereocenters. The third kappa shape index (κ3) is 5.69. The van der Waals surface area contributed by atoms with Gasteiger partial charge in [-0.1, -0.05) is 90.0 Å². The smallest absolute Gasteiger partial charge is 0.0978 e. The van der Waals surface area contributed by atoms with Gasteiger partial charge in [0.1, 0.15) is 0 Å². The molecule has 1 N–H and O–H groups in total. The molecule has 180 valence electrons. The van der Waals surface area contributed by atoms with Gasteiger partial charge in [0.25, 0.3) is 0 Å². The molecular formula is C28H46NOPS. The Morgan fingerprint density at radius 1 is 0.812 bits per heavy atom. The van der Waals surface area contributed by atoms with E-state index in [4.69, 9.17) is 0 Å². The van der Waals surface area contributed by atoms with E-state index in [0.717, 1.165) is 24.2 Å². The SMILES string of the molecule is CC(C)(C)S(=O)NC1(c2ccccc2P(C2CCCCC2)C2CCCCC2)CCCCC1. The van der Waals surface area contributed by atoms with Crippen molar-refractivity contribution in [1.82, 2.24) is 4.72 Å². The average Bonchev–Trinajstić information content (AvgIpc) is 2.81. The van der Waals surface area contributed by atoms with Gasteiger partial charge in [-0.25, -0.2) is 8.93 Å². The highest BCUT2D eigenvalue weighted by Crippen LogP contribution is 2.56. The molecule has 1 aromatic rings. The van der Waals surface area contributed by atoms with Crippen molar-refractivity contribution < 1.29 is 4.21 Å². The summed E-state index contributed by atoms with van der Waals surface area (Å²) in [6.07, 6.45) is 20.4. The summed E-state index contributed by atoms with van der Waals surface area (Å²) >= 11 is 0. The number of hydrogen-bond donors (Lipinski definition) is 1. The van der Waals surface area contributed by atoms with Crippen LogP contribution in [0.15, 0.2) is 24.3 Å². The maximum Gasteiger partial charge on any atom is 0.0978 e. The van der Waals surface area contributed by atoms with Crippen LogP contribution in [0.4, 0.5) is 0 Å². The molecule has 0 amide bonds. The molecule has 3 fully saturated rings. The molecule has 4 heteroatoms. The highest BCUT2D eigenvalue weighted by Gasteiger charge is 2.42. The topological polar surface area (TPSA) is 29.1 Å². The van der Waals surface area contributed by atoms with Crippen molar-refractivity contribution in [2.75, 3.05) is 0 Å². The summed E-state index contributed by atoms with van der Waals surface area (Å²) < 4.78 is 16.9. The van der Waals surface area contributed by atoms with Gasteiger partial charge in [0, 0.05) is 0 Å². The lowest BCUT2D eigenvalue weighted by atomic mass is 9.77. The number of rotatable bonds is 6. The second-order valence-electron chi connectivity index (χ2n) is 11.6. The van der Waals surface area contributed by atoms with E-state index in [1.165, 1.54) is 89.0 Å². The molecule has 32 heavy (non-hydrogen) atoms. The van der Waals surface area contributed by atoms with E-state index < -0.39 is 11.0 Å². The van der Waals surface area contributed by atoms with Gasteiger partial charge in [0.15, 0.2) is 0 Å². The van der Waals surface area contributed by atoms with Gasteiger partial charge in [0.05, 0.1) is 21.3 Å². The molecule has 0 saturated heterocycles. The van der Waals surface area contributed by atoms with Gasteiger partial charge in [-0.15, -0.1) is 0 Å². The Bertz CT molecular complexity index is 737. The third-order valence-corrected chi connectivity index (χ3v) is 13.4. The molecule has 3 aliphatic carbocycles. The Morgan fingerprint density at radius 2 is 1.31 bits per heavy atom. The first-order valence-electron chi connectivity index (χ1n) is 13.5. The molecule has 3 aliphatic rings. The van der Waals surface area contributed by atoms with Crippen molar-refractivity contribution in [3.8, 4) is 0 Å². The quantitative estimate of drug-likeness (QED) is 0.420. The molecule has 4 rings (SSSR count). The molecule has 1 unspecified atom stereocenters. The monoisotopic (exact) mass is 475 g/mol. The van der Waals surface area contributed by atoms with Gasteiger partial charge >= 0.3 is 0 Å². The maximum absolute atomic E-state index is 13.4. The summed E-state index contributed by atoms with van der Waals surface area (Å²) in [5, 5.41) is 1.68. The normalized spacial score (nSPS) is 24.5. The van der Waals surface area contributed by atoms with Crippen LogP contribution < -0.4 is 10.0 Å². The zero-order valence-corrected chi connectivity index (χ0v) is 22.5. The summed E-state index contributed by atoms with van der Waals surface area (Å²) in [6, 6.07) is 9.49. The second-order valence-corrected chi connectivity index (χ2v) is 16.4.